The first-order chi connectivity index (χ1) is 20.0. The van der Waals surface area contributed by atoms with Crippen LogP contribution in [0.2, 0.25) is 0 Å². The van der Waals surface area contributed by atoms with Crippen molar-refractivity contribution < 1.29 is 28.3 Å². The summed E-state index contributed by atoms with van der Waals surface area (Å²) in [5, 5.41) is 0. The third-order valence-electron chi connectivity index (χ3n) is 7.77. The van der Waals surface area contributed by atoms with E-state index in [4.69, 9.17) is 0 Å². The molecule has 0 fully saturated rings. The topological polar surface area (TPSA) is 82.5 Å². The molecule has 41 heavy (non-hydrogen) atoms. The fourth-order valence-electron chi connectivity index (χ4n) is 5.42. The van der Waals surface area contributed by atoms with Crippen LogP contribution >= 0.6 is 0 Å². The zero-order valence-corrected chi connectivity index (χ0v) is 22.6. The maximum atomic E-state index is 12.6. The van der Waals surface area contributed by atoms with Gasteiger partial charge in [0.25, 0.3) is 23.6 Å². The summed E-state index contributed by atoms with van der Waals surface area (Å²) in [6, 6.07) is 22.2. The molecule has 2 aliphatic rings. The van der Waals surface area contributed by atoms with Crippen LogP contribution in [-0.4, -0.2) is 46.5 Å². The van der Waals surface area contributed by atoms with Crippen molar-refractivity contribution in [2.24, 2.45) is 0 Å². The number of hydrogen-bond donors (Lipinski definition) is 0. The van der Waals surface area contributed by atoms with Gasteiger partial charge in [-0.25, -0.2) is 9.13 Å². The van der Waals surface area contributed by atoms with Crippen LogP contribution in [0.25, 0.3) is 0 Å². The average Bonchev–Trinajstić information content (AvgIpc) is 3.40. The van der Waals surface area contributed by atoms with E-state index in [1.54, 1.807) is 48.5 Å². The lowest BCUT2D eigenvalue weighted by Crippen LogP contribution is -2.42. The number of hydrogen-bond acceptors (Lipinski definition) is 4. The summed E-state index contributed by atoms with van der Waals surface area (Å²) in [5.74, 6) is -0.900. The molecule has 8 heteroatoms. The smallest absolute Gasteiger partial charge is 0.261 e. The fourth-order valence-corrected chi connectivity index (χ4v) is 5.42. The van der Waals surface area contributed by atoms with E-state index in [0.717, 1.165) is 19.3 Å². The lowest BCUT2D eigenvalue weighted by Gasteiger charge is -2.11. The summed E-state index contributed by atoms with van der Waals surface area (Å²) in [6.45, 7) is 1.76. The van der Waals surface area contributed by atoms with E-state index in [9.17, 15) is 19.2 Å². The van der Waals surface area contributed by atoms with Gasteiger partial charge in [0.05, 0.1) is 35.3 Å². The molecule has 2 aliphatic heterocycles. The minimum absolute atomic E-state index is 0.225. The Labute approximate surface area is 238 Å². The monoisotopic (exact) mass is 546 g/mol. The summed E-state index contributed by atoms with van der Waals surface area (Å²) in [4.78, 5) is 52.9. The molecular formula is C33H30N4O4+2. The first-order valence-corrected chi connectivity index (χ1v) is 13.9. The Bertz CT molecular complexity index is 1450. The summed E-state index contributed by atoms with van der Waals surface area (Å²) in [7, 11) is 0. The molecule has 4 heterocycles. The molecule has 0 bridgehead atoms. The molecule has 0 saturated carbocycles. The summed E-state index contributed by atoms with van der Waals surface area (Å²) in [6.07, 6.45) is 10.8. The Hall–Kier alpha value is -4.98. The van der Waals surface area contributed by atoms with Crippen LogP contribution in [-0.2, 0) is 25.9 Å². The molecule has 4 aromatic rings. The van der Waals surface area contributed by atoms with Crippen molar-refractivity contribution in [3.8, 4) is 0 Å². The van der Waals surface area contributed by atoms with Crippen LogP contribution in [0.15, 0.2) is 97.6 Å². The summed E-state index contributed by atoms with van der Waals surface area (Å²) >= 11 is 0. The van der Waals surface area contributed by atoms with Gasteiger partial charge in [-0.3, -0.25) is 29.0 Å². The number of imide groups is 2. The minimum Gasteiger partial charge on any atom is -0.269 e. The number of fused-ring (bicyclic) bond motifs is 2. The third kappa shape index (κ3) is 5.28. The average molecular weight is 547 g/mol. The fraction of sp³-hybridized carbons (Fsp3) is 0.212. The van der Waals surface area contributed by atoms with E-state index in [-0.39, 0.29) is 23.6 Å². The maximum Gasteiger partial charge on any atom is 0.261 e. The van der Waals surface area contributed by atoms with E-state index in [2.05, 4.69) is 24.3 Å². The number of aryl methyl sites for hydroxylation is 2. The highest BCUT2D eigenvalue weighted by molar-refractivity contribution is 6.22. The van der Waals surface area contributed by atoms with Gasteiger partial charge in [0.1, 0.15) is 0 Å². The van der Waals surface area contributed by atoms with Gasteiger partial charge >= 0.3 is 0 Å². The second-order valence-electron chi connectivity index (χ2n) is 10.4. The Morgan fingerprint density at radius 2 is 0.780 bits per heavy atom. The molecule has 8 nitrogen and oxygen atoms in total. The van der Waals surface area contributed by atoms with Crippen LogP contribution < -0.4 is 9.13 Å². The first kappa shape index (κ1) is 26.3. The van der Waals surface area contributed by atoms with Gasteiger partial charge in [-0.15, -0.1) is 0 Å². The number of amides is 4. The predicted molar refractivity (Wildman–Crippen MR) is 149 cm³/mol. The van der Waals surface area contributed by atoms with E-state index >= 15 is 0 Å². The van der Waals surface area contributed by atoms with Crippen molar-refractivity contribution in [1.29, 1.82) is 0 Å². The van der Waals surface area contributed by atoms with Crippen LogP contribution in [0.4, 0.5) is 0 Å². The number of benzene rings is 2. The van der Waals surface area contributed by atoms with Crippen molar-refractivity contribution >= 4 is 23.6 Å². The molecule has 0 radical (unpaired) electrons. The second kappa shape index (κ2) is 11.3. The highest BCUT2D eigenvalue weighted by atomic mass is 16.2. The van der Waals surface area contributed by atoms with Gasteiger partial charge in [-0.05, 0) is 54.7 Å². The highest BCUT2D eigenvalue weighted by Crippen LogP contribution is 2.23. The van der Waals surface area contributed by atoms with Gasteiger partial charge in [-0.2, -0.15) is 0 Å². The maximum absolute atomic E-state index is 12.6. The number of rotatable bonds is 10. The molecule has 2 aromatic carbocycles. The van der Waals surface area contributed by atoms with Crippen molar-refractivity contribution in [1.82, 2.24) is 9.80 Å². The molecule has 0 aliphatic carbocycles. The molecule has 2 aromatic heterocycles. The molecule has 0 saturated heterocycles. The van der Waals surface area contributed by atoms with Crippen molar-refractivity contribution in [3.63, 3.8) is 0 Å². The Morgan fingerprint density at radius 1 is 0.463 bits per heavy atom. The van der Waals surface area contributed by atoms with Crippen LogP contribution in [0, 0.1) is 0 Å². The zero-order valence-electron chi connectivity index (χ0n) is 22.6. The quantitative estimate of drug-likeness (QED) is 0.226. The predicted octanol–water partition coefficient (Wildman–Crippen LogP) is 3.03. The molecule has 6 rings (SSSR count). The molecular weight excluding hydrogens is 516 g/mol. The van der Waals surface area contributed by atoms with Gasteiger partial charge < -0.3 is 0 Å². The number of carbonyl (C=O) groups is 4. The Balaban J connectivity index is 0.941. The minimum atomic E-state index is -0.225. The number of carbonyl (C=O) groups excluding carboxylic acids is 4. The van der Waals surface area contributed by atoms with Crippen molar-refractivity contribution in [3.05, 3.63) is 131 Å². The van der Waals surface area contributed by atoms with Gasteiger partial charge in [0, 0.05) is 24.3 Å². The highest BCUT2D eigenvalue weighted by Gasteiger charge is 2.36. The molecule has 204 valence electrons. The summed E-state index contributed by atoms with van der Waals surface area (Å²) in [5.41, 5.74) is 4.38. The molecule has 0 atom stereocenters. The lowest BCUT2D eigenvalue weighted by atomic mass is 10.1. The van der Waals surface area contributed by atoms with Gasteiger partial charge in [-0.1, -0.05) is 24.3 Å². The lowest BCUT2D eigenvalue weighted by molar-refractivity contribution is -0.696. The van der Waals surface area contributed by atoms with E-state index in [1.165, 1.54) is 20.9 Å². The Kier molecular flexibility index (Phi) is 7.20. The van der Waals surface area contributed by atoms with Crippen LogP contribution in [0.1, 0.15) is 59.0 Å². The van der Waals surface area contributed by atoms with E-state index in [0.29, 0.717) is 48.4 Å². The zero-order chi connectivity index (χ0) is 28.3. The van der Waals surface area contributed by atoms with Gasteiger partial charge in [0.2, 0.25) is 0 Å². The molecule has 0 unspecified atom stereocenters. The van der Waals surface area contributed by atoms with Crippen molar-refractivity contribution in [2.75, 3.05) is 13.1 Å². The normalized spacial score (nSPS) is 14.1. The van der Waals surface area contributed by atoms with Crippen molar-refractivity contribution in [2.45, 2.75) is 32.4 Å². The second-order valence-corrected chi connectivity index (χ2v) is 10.4. The number of pyridine rings is 2. The van der Waals surface area contributed by atoms with E-state index < -0.39 is 0 Å². The molecule has 0 spiro atoms. The SMILES string of the molecule is O=C1c2ccccc2C(=O)N1CC[n+]1ccc(CCCc2cc[n+](CCN3C(=O)c4ccccc4C3=O)cc2)cc1. The summed E-state index contributed by atoms with van der Waals surface area (Å²) < 4.78 is 3.98. The molecule has 4 amide bonds. The first-order valence-electron chi connectivity index (χ1n) is 13.9. The number of aromatic nitrogens is 2. The Morgan fingerprint density at radius 3 is 1.10 bits per heavy atom. The van der Waals surface area contributed by atoms with Gasteiger partial charge in [0.15, 0.2) is 37.9 Å². The number of nitrogens with zero attached hydrogens (tertiary/aromatic N) is 4. The van der Waals surface area contributed by atoms with Crippen LogP contribution in [0.3, 0.4) is 0 Å². The molecule has 0 N–H and O–H groups in total. The van der Waals surface area contributed by atoms with Crippen LogP contribution in [0.5, 0.6) is 0 Å². The third-order valence-corrected chi connectivity index (χ3v) is 7.77. The van der Waals surface area contributed by atoms with E-state index in [1.807, 2.05) is 33.9 Å². The largest absolute Gasteiger partial charge is 0.269 e. The standard InChI is InChI=1S/C33H30N4O4/c38-30-26-8-1-2-9-27(26)31(39)36(30)22-20-34-16-12-24(13-17-34)6-5-7-25-14-18-35(19-15-25)21-23-37-32(40)28-10-3-4-11-29(28)33(37)41/h1-4,8-19H,5-7,20-23H2/q+2.